The predicted octanol–water partition coefficient (Wildman–Crippen LogP) is 3.19. The van der Waals surface area contributed by atoms with E-state index in [4.69, 9.17) is 11.6 Å². The lowest BCUT2D eigenvalue weighted by Crippen LogP contribution is -2.48. The summed E-state index contributed by atoms with van der Waals surface area (Å²) < 4.78 is 0. The van der Waals surface area contributed by atoms with Crippen molar-refractivity contribution in [1.82, 2.24) is 10.6 Å². The molecule has 2 amide bonds. The van der Waals surface area contributed by atoms with E-state index in [-0.39, 0.29) is 11.8 Å². The Kier molecular flexibility index (Phi) is 7.56. The van der Waals surface area contributed by atoms with E-state index in [9.17, 15) is 9.59 Å². The summed E-state index contributed by atoms with van der Waals surface area (Å²) in [6.07, 6.45) is 1.58. The van der Waals surface area contributed by atoms with Gasteiger partial charge in [-0.2, -0.15) is 0 Å². The van der Waals surface area contributed by atoms with Crippen molar-refractivity contribution >= 4 is 23.4 Å². The Labute approximate surface area is 144 Å². The molecule has 5 heteroatoms. The van der Waals surface area contributed by atoms with Crippen LogP contribution in [-0.2, 0) is 16.0 Å². The van der Waals surface area contributed by atoms with E-state index in [2.05, 4.69) is 24.5 Å². The van der Waals surface area contributed by atoms with E-state index in [0.717, 1.165) is 12.0 Å². The minimum absolute atomic E-state index is 0.238. The van der Waals surface area contributed by atoms with Gasteiger partial charge in [0.15, 0.2) is 0 Å². The van der Waals surface area contributed by atoms with Crippen molar-refractivity contribution < 1.29 is 9.59 Å². The number of rotatable bonds is 8. The first-order valence-corrected chi connectivity index (χ1v) is 8.42. The zero-order valence-electron chi connectivity index (χ0n) is 14.4. The quantitative estimate of drug-likeness (QED) is 0.715. The molecule has 0 spiro atoms. The molecule has 0 saturated heterocycles. The second kappa shape index (κ2) is 8.92. The van der Waals surface area contributed by atoms with Crippen LogP contribution in [0.3, 0.4) is 0 Å². The van der Waals surface area contributed by atoms with Crippen LogP contribution in [0.4, 0.5) is 0 Å². The molecule has 0 fully saturated rings. The van der Waals surface area contributed by atoms with Gasteiger partial charge in [0, 0.05) is 18.1 Å². The first kappa shape index (κ1) is 19.5. The lowest BCUT2D eigenvalue weighted by atomic mass is 9.91. The van der Waals surface area contributed by atoms with Crippen LogP contribution < -0.4 is 10.6 Å². The number of amides is 2. The van der Waals surface area contributed by atoms with Gasteiger partial charge in [-0.05, 0) is 50.3 Å². The van der Waals surface area contributed by atoms with Crippen molar-refractivity contribution in [1.29, 1.82) is 0 Å². The van der Waals surface area contributed by atoms with E-state index in [1.165, 1.54) is 0 Å². The maximum Gasteiger partial charge on any atom is 0.235 e. The summed E-state index contributed by atoms with van der Waals surface area (Å²) >= 11 is 5.93. The van der Waals surface area contributed by atoms with Crippen LogP contribution in [0.5, 0.6) is 0 Å². The van der Waals surface area contributed by atoms with Crippen molar-refractivity contribution in [3.05, 3.63) is 34.9 Å². The van der Waals surface area contributed by atoms with Gasteiger partial charge < -0.3 is 10.6 Å². The van der Waals surface area contributed by atoms with E-state index in [1.54, 1.807) is 13.8 Å². The monoisotopic (exact) mass is 338 g/mol. The summed E-state index contributed by atoms with van der Waals surface area (Å²) in [5, 5.41) is 6.34. The number of carbonyl (C=O) groups is 2. The van der Waals surface area contributed by atoms with Crippen molar-refractivity contribution in [2.45, 2.75) is 40.5 Å². The molecule has 0 atom stereocenters. The number of hydrogen-bond acceptors (Lipinski definition) is 2. The molecule has 1 aromatic carbocycles. The van der Waals surface area contributed by atoms with Crippen molar-refractivity contribution in [2.75, 3.05) is 13.1 Å². The maximum atomic E-state index is 12.3. The molecule has 1 aromatic rings. The smallest absolute Gasteiger partial charge is 0.235 e. The number of hydrogen-bond donors (Lipinski definition) is 2. The van der Waals surface area contributed by atoms with Gasteiger partial charge in [0.1, 0.15) is 5.41 Å². The maximum absolute atomic E-state index is 12.3. The SMILES string of the molecule is CC(C)CCNC(=O)C(C)(C)C(=O)NCCc1cccc(Cl)c1. The van der Waals surface area contributed by atoms with Crippen LogP contribution in [0.1, 0.15) is 39.7 Å². The zero-order valence-corrected chi connectivity index (χ0v) is 15.2. The minimum Gasteiger partial charge on any atom is -0.355 e. The molecule has 0 aromatic heterocycles. The lowest BCUT2D eigenvalue weighted by molar-refractivity contribution is -0.141. The Bertz CT molecular complexity index is 542. The molecule has 0 aliphatic rings. The third-order valence-corrected chi connectivity index (χ3v) is 3.97. The highest BCUT2D eigenvalue weighted by atomic mass is 35.5. The van der Waals surface area contributed by atoms with Gasteiger partial charge in [0.2, 0.25) is 11.8 Å². The van der Waals surface area contributed by atoms with Gasteiger partial charge in [-0.1, -0.05) is 37.6 Å². The van der Waals surface area contributed by atoms with E-state index in [1.807, 2.05) is 24.3 Å². The van der Waals surface area contributed by atoms with E-state index >= 15 is 0 Å². The fraction of sp³-hybridized carbons (Fsp3) is 0.556. The average Bonchev–Trinajstić information content (AvgIpc) is 2.46. The van der Waals surface area contributed by atoms with E-state index in [0.29, 0.717) is 30.5 Å². The second-order valence-electron chi connectivity index (χ2n) is 6.70. The highest BCUT2D eigenvalue weighted by Gasteiger charge is 2.35. The summed E-state index contributed by atoms with van der Waals surface area (Å²) in [4.78, 5) is 24.4. The summed E-state index contributed by atoms with van der Waals surface area (Å²) in [5.74, 6) is 0.0184. The van der Waals surface area contributed by atoms with Crippen LogP contribution in [0.2, 0.25) is 5.02 Å². The average molecular weight is 339 g/mol. The standard InChI is InChI=1S/C18H27ClN2O2/c1-13(2)8-10-20-16(22)18(3,4)17(23)21-11-9-14-6-5-7-15(19)12-14/h5-7,12-13H,8-11H2,1-4H3,(H,20,22)(H,21,23). The summed E-state index contributed by atoms with van der Waals surface area (Å²) in [6.45, 7) is 8.55. The third kappa shape index (κ3) is 6.61. The Hall–Kier alpha value is -1.55. The van der Waals surface area contributed by atoms with Crippen molar-refractivity contribution in [3.8, 4) is 0 Å². The van der Waals surface area contributed by atoms with Crippen molar-refractivity contribution in [2.24, 2.45) is 11.3 Å². The molecule has 128 valence electrons. The molecule has 23 heavy (non-hydrogen) atoms. The number of carbonyl (C=O) groups excluding carboxylic acids is 2. The van der Waals surface area contributed by atoms with Gasteiger partial charge in [-0.15, -0.1) is 0 Å². The number of halogens is 1. The fourth-order valence-electron chi connectivity index (χ4n) is 2.03. The Balaban J connectivity index is 2.43. The summed E-state index contributed by atoms with van der Waals surface area (Å²) in [5.41, 5.74) is -0.0253. The molecule has 0 heterocycles. The first-order chi connectivity index (χ1) is 10.7. The third-order valence-electron chi connectivity index (χ3n) is 3.73. The fourth-order valence-corrected chi connectivity index (χ4v) is 2.25. The topological polar surface area (TPSA) is 58.2 Å². The second-order valence-corrected chi connectivity index (χ2v) is 7.14. The van der Waals surface area contributed by atoms with Crippen LogP contribution in [-0.4, -0.2) is 24.9 Å². The zero-order chi connectivity index (χ0) is 17.5. The highest BCUT2D eigenvalue weighted by Crippen LogP contribution is 2.16. The van der Waals surface area contributed by atoms with Gasteiger partial charge in [-0.3, -0.25) is 9.59 Å². The normalized spacial score (nSPS) is 11.4. The molecule has 0 unspecified atom stereocenters. The molecule has 0 radical (unpaired) electrons. The van der Waals surface area contributed by atoms with Gasteiger partial charge >= 0.3 is 0 Å². The Morgan fingerprint density at radius 1 is 1.13 bits per heavy atom. The molecule has 2 N–H and O–H groups in total. The molecule has 0 aliphatic heterocycles. The summed E-state index contributed by atoms with van der Waals surface area (Å²) in [6, 6.07) is 7.53. The highest BCUT2D eigenvalue weighted by molar-refractivity contribution is 6.30. The van der Waals surface area contributed by atoms with Gasteiger partial charge in [0.05, 0.1) is 0 Å². The Morgan fingerprint density at radius 3 is 2.30 bits per heavy atom. The molecule has 0 saturated carbocycles. The number of benzene rings is 1. The van der Waals surface area contributed by atoms with Crippen LogP contribution >= 0.6 is 11.6 Å². The van der Waals surface area contributed by atoms with Crippen LogP contribution in [0.15, 0.2) is 24.3 Å². The van der Waals surface area contributed by atoms with Crippen LogP contribution in [0, 0.1) is 11.3 Å². The van der Waals surface area contributed by atoms with E-state index < -0.39 is 5.41 Å². The number of nitrogens with one attached hydrogen (secondary N) is 2. The lowest BCUT2D eigenvalue weighted by Gasteiger charge is -2.23. The van der Waals surface area contributed by atoms with Crippen LogP contribution in [0.25, 0.3) is 0 Å². The molecule has 0 aliphatic carbocycles. The Morgan fingerprint density at radius 2 is 1.74 bits per heavy atom. The molecular weight excluding hydrogens is 312 g/mol. The molecular formula is C18H27ClN2O2. The largest absolute Gasteiger partial charge is 0.355 e. The van der Waals surface area contributed by atoms with Gasteiger partial charge in [-0.25, -0.2) is 0 Å². The van der Waals surface area contributed by atoms with Gasteiger partial charge in [0.25, 0.3) is 0 Å². The minimum atomic E-state index is -1.08. The first-order valence-electron chi connectivity index (χ1n) is 8.04. The molecule has 4 nitrogen and oxygen atoms in total. The summed E-state index contributed by atoms with van der Waals surface area (Å²) in [7, 11) is 0. The predicted molar refractivity (Wildman–Crippen MR) is 94.4 cm³/mol. The van der Waals surface area contributed by atoms with Crippen molar-refractivity contribution in [3.63, 3.8) is 0 Å². The molecule has 1 rings (SSSR count). The molecule has 0 bridgehead atoms.